The van der Waals surface area contributed by atoms with Gasteiger partial charge in [-0.3, -0.25) is 9.59 Å². The number of aliphatic carboxylic acids is 1. The fraction of sp³-hybridized carbons (Fsp3) is 0.636. The summed E-state index contributed by atoms with van der Waals surface area (Å²) in [5.74, 6) is 0.810. The summed E-state index contributed by atoms with van der Waals surface area (Å²) < 4.78 is 0. The van der Waals surface area contributed by atoms with Gasteiger partial charge in [0.05, 0.1) is 5.76 Å². The van der Waals surface area contributed by atoms with E-state index in [4.69, 9.17) is 5.11 Å². The van der Waals surface area contributed by atoms with Crippen LogP contribution in [0.4, 0.5) is 0 Å². The summed E-state index contributed by atoms with van der Waals surface area (Å²) in [7, 11) is 0. The number of fused-ring (bicyclic) bond motifs is 5. The van der Waals surface area contributed by atoms with E-state index in [-0.39, 0.29) is 34.9 Å². The lowest BCUT2D eigenvalue weighted by Gasteiger charge is -2.53. The van der Waals surface area contributed by atoms with Gasteiger partial charge in [0, 0.05) is 24.2 Å². The highest BCUT2D eigenvalue weighted by atomic mass is 16.4. The highest BCUT2D eigenvalue weighted by Gasteiger charge is 2.57. The predicted molar refractivity (Wildman–Crippen MR) is 98.5 cm³/mol. The smallest absolute Gasteiger partial charge is 0.303 e. The van der Waals surface area contributed by atoms with Gasteiger partial charge in [0.1, 0.15) is 0 Å². The van der Waals surface area contributed by atoms with E-state index in [1.54, 1.807) is 6.08 Å². The van der Waals surface area contributed by atoms with Crippen LogP contribution >= 0.6 is 0 Å². The number of ketones is 1. The molecule has 0 saturated heterocycles. The molecular formula is C22H28O4. The van der Waals surface area contributed by atoms with Gasteiger partial charge in [-0.1, -0.05) is 26.0 Å². The second kappa shape index (κ2) is 5.83. The van der Waals surface area contributed by atoms with Crippen LogP contribution in [0.1, 0.15) is 52.4 Å². The molecule has 0 heterocycles. The number of carbonyl (C=O) groups excluding carboxylic acids is 1. The van der Waals surface area contributed by atoms with Gasteiger partial charge >= 0.3 is 5.97 Å². The molecule has 4 rings (SSSR count). The third-order valence-electron chi connectivity index (χ3n) is 7.94. The Balaban J connectivity index is 1.71. The van der Waals surface area contributed by atoms with Crippen molar-refractivity contribution in [1.82, 2.24) is 0 Å². The summed E-state index contributed by atoms with van der Waals surface area (Å²) in [5, 5.41) is 20.0. The molecule has 1 saturated carbocycles. The minimum absolute atomic E-state index is 0.0551. The van der Waals surface area contributed by atoms with Gasteiger partial charge in [-0.25, -0.2) is 0 Å². The zero-order chi connectivity index (χ0) is 18.7. The number of aliphatic hydroxyl groups excluding tert-OH is 1. The van der Waals surface area contributed by atoms with Crippen molar-refractivity contribution in [3.63, 3.8) is 0 Å². The number of allylic oxidation sites excluding steroid dienone is 6. The van der Waals surface area contributed by atoms with Crippen LogP contribution in [-0.4, -0.2) is 22.0 Å². The van der Waals surface area contributed by atoms with Gasteiger partial charge < -0.3 is 10.2 Å². The highest BCUT2D eigenvalue weighted by Crippen LogP contribution is 2.64. The highest BCUT2D eigenvalue weighted by molar-refractivity contribution is 5.92. The second-order valence-electron chi connectivity index (χ2n) is 9.14. The lowest BCUT2D eigenvalue weighted by atomic mass is 9.50. The Labute approximate surface area is 154 Å². The SMILES string of the molecule is C[C@]12C=C[C@H]3[C@@H](C(O)=CC4=CC(=O)CC[C@@]43C)[C@@H]1CC[C@@H]2CCC(=O)O. The Morgan fingerprint density at radius 1 is 1.27 bits per heavy atom. The molecule has 0 aromatic carbocycles. The van der Waals surface area contributed by atoms with E-state index in [9.17, 15) is 14.7 Å². The third kappa shape index (κ3) is 2.41. The lowest BCUT2D eigenvalue weighted by Crippen LogP contribution is -2.48. The van der Waals surface area contributed by atoms with E-state index in [0.29, 0.717) is 30.4 Å². The number of rotatable bonds is 3. The quantitative estimate of drug-likeness (QED) is 0.733. The molecule has 2 N–H and O–H groups in total. The molecule has 0 spiro atoms. The minimum atomic E-state index is -0.732. The van der Waals surface area contributed by atoms with Crippen molar-refractivity contribution in [1.29, 1.82) is 0 Å². The third-order valence-corrected chi connectivity index (χ3v) is 7.94. The largest absolute Gasteiger partial charge is 0.512 e. The normalized spacial score (nSPS) is 43.8. The summed E-state index contributed by atoms with van der Waals surface area (Å²) >= 11 is 0. The predicted octanol–water partition coefficient (Wildman–Crippen LogP) is 4.44. The molecule has 0 aromatic heterocycles. The molecule has 140 valence electrons. The molecule has 4 aliphatic rings. The Bertz CT molecular complexity index is 745. The monoisotopic (exact) mass is 356 g/mol. The van der Waals surface area contributed by atoms with E-state index in [1.165, 1.54) is 0 Å². The van der Waals surface area contributed by atoms with E-state index < -0.39 is 5.97 Å². The van der Waals surface area contributed by atoms with Crippen LogP contribution in [0.5, 0.6) is 0 Å². The van der Waals surface area contributed by atoms with Gasteiger partial charge in [0.2, 0.25) is 0 Å². The number of hydrogen-bond acceptors (Lipinski definition) is 3. The lowest BCUT2D eigenvalue weighted by molar-refractivity contribution is -0.137. The summed E-state index contributed by atoms with van der Waals surface area (Å²) in [6.45, 7) is 4.48. The van der Waals surface area contributed by atoms with Gasteiger partial charge in [0.25, 0.3) is 0 Å². The van der Waals surface area contributed by atoms with E-state index in [1.807, 2.05) is 6.08 Å². The van der Waals surface area contributed by atoms with Crippen molar-refractivity contribution in [2.45, 2.75) is 52.4 Å². The fourth-order valence-electron chi connectivity index (χ4n) is 6.32. The first kappa shape index (κ1) is 17.6. The van der Waals surface area contributed by atoms with Crippen molar-refractivity contribution in [3.05, 3.63) is 35.6 Å². The van der Waals surface area contributed by atoms with Crippen LogP contribution in [0.3, 0.4) is 0 Å². The summed E-state index contributed by atoms with van der Waals surface area (Å²) in [6.07, 6.45) is 12.5. The van der Waals surface area contributed by atoms with Crippen molar-refractivity contribution < 1.29 is 19.8 Å². The Morgan fingerprint density at radius 3 is 2.77 bits per heavy atom. The zero-order valence-electron chi connectivity index (χ0n) is 15.6. The maximum Gasteiger partial charge on any atom is 0.303 e. The van der Waals surface area contributed by atoms with Crippen molar-refractivity contribution >= 4 is 11.8 Å². The number of carboxylic acid groups (broad SMARTS) is 1. The number of aliphatic hydroxyl groups is 1. The molecule has 0 aliphatic heterocycles. The summed E-state index contributed by atoms with van der Waals surface area (Å²) in [4.78, 5) is 22.9. The summed E-state index contributed by atoms with van der Waals surface area (Å²) in [5.41, 5.74) is 0.823. The van der Waals surface area contributed by atoms with Gasteiger partial charge in [-0.05, 0) is 66.6 Å². The molecule has 6 atom stereocenters. The fourth-order valence-corrected chi connectivity index (χ4v) is 6.32. The average Bonchev–Trinajstić information content (AvgIpc) is 2.91. The molecule has 1 fully saturated rings. The first-order chi connectivity index (χ1) is 12.3. The number of carbonyl (C=O) groups is 2. The van der Waals surface area contributed by atoms with E-state index >= 15 is 0 Å². The molecule has 4 heteroatoms. The topological polar surface area (TPSA) is 74.6 Å². The molecule has 0 unspecified atom stereocenters. The van der Waals surface area contributed by atoms with Crippen molar-refractivity contribution in [3.8, 4) is 0 Å². The van der Waals surface area contributed by atoms with Crippen molar-refractivity contribution in [2.24, 2.45) is 34.5 Å². The minimum Gasteiger partial charge on any atom is -0.512 e. The molecule has 4 aliphatic carbocycles. The molecule has 0 amide bonds. The van der Waals surface area contributed by atoms with E-state index in [0.717, 1.165) is 24.8 Å². The van der Waals surface area contributed by atoms with Gasteiger partial charge in [-0.2, -0.15) is 0 Å². The standard InChI is InChI=1S/C22H28O4/c1-21-10-8-17-20(16(21)5-3-13(21)4-6-19(25)26)18(24)12-14-11-15(23)7-9-22(14,17)2/h8,10-13,16-17,20,24H,3-7,9H2,1-2H3,(H,25,26)/t13-,16+,17+,20+,21-,22+/m1/s1. The van der Waals surface area contributed by atoms with Crippen LogP contribution in [0.25, 0.3) is 0 Å². The van der Waals surface area contributed by atoms with Crippen LogP contribution in [-0.2, 0) is 9.59 Å². The van der Waals surface area contributed by atoms with Crippen molar-refractivity contribution in [2.75, 3.05) is 0 Å². The zero-order valence-corrected chi connectivity index (χ0v) is 15.6. The maximum absolute atomic E-state index is 11.9. The van der Waals surface area contributed by atoms with E-state index in [2.05, 4.69) is 26.0 Å². The van der Waals surface area contributed by atoms with Gasteiger partial charge in [-0.15, -0.1) is 0 Å². The molecule has 0 aromatic rings. The Hall–Kier alpha value is -1.84. The molecule has 0 bridgehead atoms. The number of carboxylic acids is 1. The average molecular weight is 356 g/mol. The Kier molecular flexibility index (Phi) is 3.94. The number of hydrogen-bond donors (Lipinski definition) is 2. The summed E-state index contributed by atoms with van der Waals surface area (Å²) in [6, 6.07) is 0. The van der Waals surface area contributed by atoms with Crippen LogP contribution < -0.4 is 0 Å². The van der Waals surface area contributed by atoms with Gasteiger partial charge in [0.15, 0.2) is 5.78 Å². The molecule has 0 radical (unpaired) electrons. The molecular weight excluding hydrogens is 328 g/mol. The Morgan fingerprint density at radius 2 is 2.04 bits per heavy atom. The second-order valence-corrected chi connectivity index (χ2v) is 9.14. The first-order valence-corrected chi connectivity index (χ1v) is 9.82. The van der Waals surface area contributed by atoms with Crippen LogP contribution in [0.15, 0.2) is 35.6 Å². The van der Waals surface area contributed by atoms with Crippen LogP contribution in [0, 0.1) is 34.5 Å². The molecule has 26 heavy (non-hydrogen) atoms. The maximum atomic E-state index is 11.9. The molecule has 4 nitrogen and oxygen atoms in total. The van der Waals surface area contributed by atoms with Crippen LogP contribution in [0.2, 0.25) is 0 Å². The first-order valence-electron chi connectivity index (χ1n) is 9.82.